The summed E-state index contributed by atoms with van der Waals surface area (Å²) in [7, 11) is 0. The second kappa shape index (κ2) is 6.58. The van der Waals surface area contributed by atoms with E-state index >= 15 is 0 Å². The summed E-state index contributed by atoms with van der Waals surface area (Å²) in [6.45, 7) is 3.92. The Morgan fingerprint density at radius 2 is 2.30 bits per heavy atom. The number of aryl methyl sites for hydroxylation is 1. The van der Waals surface area contributed by atoms with E-state index in [0.29, 0.717) is 23.1 Å². The molecule has 0 saturated heterocycles. The molecule has 0 aromatic heterocycles. The van der Waals surface area contributed by atoms with E-state index in [1.54, 1.807) is 0 Å². The van der Waals surface area contributed by atoms with E-state index in [-0.39, 0.29) is 12.5 Å². The molecule has 2 atom stereocenters. The number of benzene rings is 1. The van der Waals surface area contributed by atoms with Crippen LogP contribution in [0.5, 0.6) is 0 Å². The fourth-order valence-electron chi connectivity index (χ4n) is 2.45. The molecule has 3 heteroatoms. The highest BCUT2D eigenvalue weighted by molar-refractivity contribution is 5.97. The fourth-order valence-corrected chi connectivity index (χ4v) is 2.45. The van der Waals surface area contributed by atoms with Gasteiger partial charge in [-0.05, 0) is 37.8 Å². The number of aliphatic hydroxyl groups is 1. The summed E-state index contributed by atoms with van der Waals surface area (Å²) in [6.07, 6.45) is 3.42. The molecule has 1 aromatic carbocycles. The highest BCUT2D eigenvalue weighted by atomic mass is 16.2. The molecule has 1 aliphatic rings. The first-order chi connectivity index (χ1) is 9.65. The monoisotopic (exact) mass is 271 g/mol. The molecule has 0 bridgehead atoms. The van der Waals surface area contributed by atoms with Gasteiger partial charge in [0.25, 0.3) is 5.91 Å². The van der Waals surface area contributed by atoms with Crippen LogP contribution in [0.1, 0.15) is 47.7 Å². The SMILES string of the molecule is CCCC1CC1NC(=O)c1cc(C)ccc1C#CCO. The van der Waals surface area contributed by atoms with Crippen molar-refractivity contribution in [1.82, 2.24) is 5.32 Å². The third kappa shape index (κ3) is 3.61. The van der Waals surface area contributed by atoms with Gasteiger partial charge in [-0.1, -0.05) is 36.8 Å². The number of amides is 1. The normalized spacial score (nSPS) is 19.9. The van der Waals surface area contributed by atoms with E-state index in [0.717, 1.165) is 18.4 Å². The lowest BCUT2D eigenvalue weighted by Gasteiger charge is -2.08. The van der Waals surface area contributed by atoms with Crippen LogP contribution in [0.2, 0.25) is 0 Å². The van der Waals surface area contributed by atoms with Gasteiger partial charge < -0.3 is 10.4 Å². The van der Waals surface area contributed by atoms with Crippen molar-refractivity contribution in [3.05, 3.63) is 34.9 Å². The Bertz CT molecular complexity index is 554. The van der Waals surface area contributed by atoms with Gasteiger partial charge in [-0.3, -0.25) is 4.79 Å². The highest BCUT2D eigenvalue weighted by Crippen LogP contribution is 2.34. The first kappa shape index (κ1) is 14.6. The first-order valence-corrected chi connectivity index (χ1v) is 7.17. The summed E-state index contributed by atoms with van der Waals surface area (Å²) >= 11 is 0. The van der Waals surface area contributed by atoms with Crippen molar-refractivity contribution in [3.8, 4) is 11.8 Å². The molecular weight excluding hydrogens is 250 g/mol. The molecule has 106 valence electrons. The Labute approximate surface area is 120 Å². The molecule has 2 unspecified atom stereocenters. The predicted octanol–water partition coefficient (Wildman–Crippen LogP) is 2.26. The van der Waals surface area contributed by atoms with Crippen LogP contribution in [0.15, 0.2) is 18.2 Å². The smallest absolute Gasteiger partial charge is 0.252 e. The summed E-state index contributed by atoms with van der Waals surface area (Å²) in [6, 6.07) is 5.94. The molecule has 1 amide bonds. The molecule has 20 heavy (non-hydrogen) atoms. The molecule has 1 fully saturated rings. The topological polar surface area (TPSA) is 49.3 Å². The van der Waals surface area contributed by atoms with Gasteiger partial charge >= 0.3 is 0 Å². The van der Waals surface area contributed by atoms with Crippen LogP contribution in [0.3, 0.4) is 0 Å². The number of hydrogen-bond donors (Lipinski definition) is 2. The number of rotatable bonds is 4. The number of nitrogens with one attached hydrogen (secondary N) is 1. The van der Waals surface area contributed by atoms with Crippen molar-refractivity contribution >= 4 is 5.91 Å². The van der Waals surface area contributed by atoms with E-state index in [1.165, 1.54) is 6.42 Å². The number of carbonyl (C=O) groups is 1. The molecule has 0 radical (unpaired) electrons. The van der Waals surface area contributed by atoms with Crippen LogP contribution in [0.25, 0.3) is 0 Å². The van der Waals surface area contributed by atoms with Crippen molar-refractivity contribution in [3.63, 3.8) is 0 Å². The van der Waals surface area contributed by atoms with Crippen LogP contribution in [-0.4, -0.2) is 23.7 Å². The fraction of sp³-hybridized carbons (Fsp3) is 0.471. The average molecular weight is 271 g/mol. The van der Waals surface area contributed by atoms with Crippen molar-refractivity contribution in [2.45, 2.75) is 39.2 Å². The van der Waals surface area contributed by atoms with Crippen molar-refractivity contribution in [1.29, 1.82) is 0 Å². The number of carbonyl (C=O) groups excluding carboxylic acids is 1. The van der Waals surface area contributed by atoms with Gasteiger partial charge in [0.1, 0.15) is 6.61 Å². The highest BCUT2D eigenvalue weighted by Gasteiger charge is 2.37. The largest absolute Gasteiger partial charge is 0.384 e. The lowest BCUT2D eigenvalue weighted by Crippen LogP contribution is -2.27. The Balaban J connectivity index is 2.10. The van der Waals surface area contributed by atoms with Crippen molar-refractivity contribution in [2.75, 3.05) is 6.61 Å². The zero-order chi connectivity index (χ0) is 14.5. The maximum absolute atomic E-state index is 12.3. The summed E-state index contributed by atoms with van der Waals surface area (Å²) in [5.74, 6) is 6.03. The van der Waals surface area contributed by atoms with Crippen LogP contribution in [0, 0.1) is 24.7 Å². The van der Waals surface area contributed by atoms with Gasteiger partial charge in [0.2, 0.25) is 0 Å². The number of aliphatic hydroxyl groups excluding tert-OH is 1. The Hall–Kier alpha value is -1.79. The van der Waals surface area contributed by atoms with E-state index < -0.39 is 0 Å². The van der Waals surface area contributed by atoms with Crippen molar-refractivity contribution in [2.24, 2.45) is 5.92 Å². The third-order valence-corrected chi connectivity index (χ3v) is 3.62. The van der Waals surface area contributed by atoms with E-state index in [1.807, 2.05) is 25.1 Å². The van der Waals surface area contributed by atoms with Gasteiger partial charge in [-0.2, -0.15) is 0 Å². The zero-order valence-corrected chi connectivity index (χ0v) is 12.1. The van der Waals surface area contributed by atoms with E-state index in [2.05, 4.69) is 24.1 Å². The molecular formula is C17H21NO2. The predicted molar refractivity (Wildman–Crippen MR) is 79.4 cm³/mol. The zero-order valence-electron chi connectivity index (χ0n) is 12.1. The quantitative estimate of drug-likeness (QED) is 0.825. The standard InChI is InChI=1S/C17H21NO2/c1-3-5-14-11-16(14)18-17(20)15-10-12(2)7-8-13(15)6-4-9-19/h7-8,10,14,16,19H,3,5,9,11H2,1-2H3,(H,18,20). The van der Waals surface area contributed by atoms with Gasteiger partial charge in [0.05, 0.1) is 5.56 Å². The number of hydrogen-bond acceptors (Lipinski definition) is 2. The summed E-state index contributed by atoms with van der Waals surface area (Å²) in [4.78, 5) is 12.3. The lowest BCUT2D eigenvalue weighted by atomic mass is 10.0. The molecule has 1 saturated carbocycles. The maximum atomic E-state index is 12.3. The minimum Gasteiger partial charge on any atom is -0.384 e. The first-order valence-electron chi connectivity index (χ1n) is 7.17. The molecule has 1 aromatic rings. The van der Waals surface area contributed by atoms with Crippen LogP contribution >= 0.6 is 0 Å². The molecule has 0 spiro atoms. The maximum Gasteiger partial charge on any atom is 0.252 e. The van der Waals surface area contributed by atoms with Gasteiger partial charge in [-0.15, -0.1) is 0 Å². The molecule has 2 rings (SSSR count). The van der Waals surface area contributed by atoms with Crippen LogP contribution < -0.4 is 5.32 Å². The summed E-state index contributed by atoms with van der Waals surface area (Å²) in [5.41, 5.74) is 2.31. The second-order valence-corrected chi connectivity index (χ2v) is 5.37. The minimum absolute atomic E-state index is 0.0560. The van der Waals surface area contributed by atoms with Gasteiger partial charge in [-0.25, -0.2) is 0 Å². The molecule has 0 heterocycles. The van der Waals surface area contributed by atoms with Crippen LogP contribution in [0.4, 0.5) is 0 Å². The Morgan fingerprint density at radius 3 is 3.00 bits per heavy atom. The summed E-state index contributed by atoms with van der Waals surface area (Å²) in [5, 5.41) is 11.9. The van der Waals surface area contributed by atoms with Gasteiger partial charge in [0.15, 0.2) is 0 Å². The van der Waals surface area contributed by atoms with E-state index in [9.17, 15) is 4.79 Å². The van der Waals surface area contributed by atoms with Crippen LogP contribution in [-0.2, 0) is 0 Å². The molecule has 2 N–H and O–H groups in total. The Morgan fingerprint density at radius 1 is 1.50 bits per heavy atom. The third-order valence-electron chi connectivity index (χ3n) is 3.62. The second-order valence-electron chi connectivity index (χ2n) is 5.37. The molecule has 0 aliphatic heterocycles. The average Bonchev–Trinajstić information content (AvgIpc) is 3.15. The lowest BCUT2D eigenvalue weighted by molar-refractivity contribution is 0.0948. The van der Waals surface area contributed by atoms with E-state index in [4.69, 9.17) is 5.11 Å². The Kier molecular flexibility index (Phi) is 4.81. The van der Waals surface area contributed by atoms with Gasteiger partial charge in [0, 0.05) is 11.6 Å². The minimum atomic E-state index is -0.198. The molecule has 3 nitrogen and oxygen atoms in total. The summed E-state index contributed by atoms with van der Waals surface area (Å²) < 4.78 is 0. The molecule has 1 aliphatic carbocycles. The van der Waals surface area contributed by atoms with Crippen molar-refractivity contribution < 1.29 is 9.90 Å².